The zero-order valence-corrected chi connectivity index (χ0v) is 24.8. The van der Waals surface area contributed by atoms with Gasteiger partial charge in [-0.3, -0.25) is 14.6 Å². The minimum Gasteiger partial charge on any atom is -0.491 e. The van der Waals surface area contributed by atoms with E-state index < -0.39 is 34.1 Å². The van der Waals surface area contributed by atoms with Gasteiger partial charge in [-0.15, -0.1) is 0 Å². The second kappa shape index (κ2) is 12.0. The van der Waals surface area contributed by atoms with Gasteiger partial charge in [-0.1, -0.05) is 23.2 Å². The molecule has 4 N–H and O–H groups in total. The lowest BCUT2D eigenvalue weighted by Crippen LogP contribution is -2.43. The summed E-state index contributed by atoms with van der Waals surface area (Å²) in [7, 11) is 0. The molecule has 8 nitrogen and oxygen atoms in total. The number of rotatable bonds is 10. The summed E-state index contributed by atoms with van der Waals surface area (Å²) < 4.78 is 35.5. The van der Waals surface area contributed by atoms with Crippen LogP contribution >= 0.6 is 23.2 Å². The molecule has 12 heteroatoms. The average molecular weight is 629 g/mol. The van der Waals surface area contributed by atoms with Crippen molar-refractivity contribution >= 4 is 45.9 Å². The average Bonchev–Trinajstić information content (AvgIpc) is 3.81. The van der Waals surface area contributed by atoms with E-state index in [1.165, 1.54) is 24.3 Å². The molecular formula is C31H28Cl2F2N4O4. The molecule has 0 unspecified atom stereocenters. The van der Waals surface area contributed by atoms with E-state index in [1.807, 2.05) is 13.0 Å². The fourth-order valence-corrected chi connectivity index (χ4v) is 5.51. The van der Waals surface area contributed by atoms with Gasteiger partial charge in [0.15, 0.2) is 11.6 Å². The predicted octanol–water partition coefficient (Wildman–Crippen LogP) is 5.64. The van der Waals surface area contributed by atoms with Crippen molar-refractivity contribution in [3.63, 3.8) is 0 Å². The van der Waals surface area contributed by atoms with Gasteiger partial charge < -0.3 is 20.9 Å². The number of hydrogen-bond donors (Lipinski definition) is 3. The number of carbonyl (C=O) groups excluding carboxylic acids is 2. The molecule has 0 aliphatic heterocycles. The van der Waals surface area contributed by atoms with E-state index in [2.05, 4.69) is 15.3 Å². The number of nitrogens with zero attached hydrogens (tertiary/aromatic N) is 2. The molecule has 2 heterocycles. The Kier molecular flexibility index (Phi) is 8.56. The summed E-state index contributed by atoms with van der Waals surface area (Å²) in [6.45, 7) is 3.39. The number of ether oxygens (including phenoxy) is 1. The van der Waals surface area contributed by atoms with Crippen LogP contribution in [0.5, 0.6) is 5.75 Å². The lowest BCUT2D eigenvalue weighted by atomic mass is 9.90. The monoisotopic (exact) mass is 628 g/mol. The first-order valence-corrected chi connectivity index (χ1v) is 14.3. The highest BCUT2D eigenvalue weighted by atomic mass is 35.5. The molecule has 224 valence electrons. The molecule has 1 atom stereocenters. The van der Waals surface area contributed by atoms with Crippen molar-refractivity contribution in [2.45, 2.75) is 38.7 Å². The Balaban J connectivity index is 1.57. The van der Waals surface area contributed by atoms with E-state index in [1.54, 1.807) is 19.2 Å². The molecule has 2 amide bonds. The van der Waals surface area contributed by atoms with Crippen molar-refractivity contribution in [1.29, 1.82) is 0 Å². The van der Waals surface area contributed by atoms with Crippen LogP contribution in [0.1, 0.15) is 46.9 Å². The zero-order chi connectivity index (χ0) is 31.1. The molecule has 0 bridgehead atoms. The number of aryl methyl sites for hydroxylation is 1. The van der Waals surface area contributed by atoms with Crippen LogP contribution in [0.3, 0.4) is 0 Å². The van der Waals surface area contributed by atoms with Gasteiger partial charge in [0.25, 0.3) is 5.91 Å². The largest absolute Gasteiger partial charge is 0.491 e. The fraction of sp³-hybridized carbons (Fsp3) is 0.290. The van der Waals surface area contributed by atoms with Gasteiger partial charge >= 0.3 is 0 Å². The van der Waals surface area contributed by atoms with Crippen molar-refractivity contribution in [3.05, 3.63) is 86.7 Å². The van der Waals surface area contributed by atoms with Crippen molar-refractivity contribution in [1.82, 2.24) is 15.3 Å². The number of nitrogens with two attached hydrogens (primary N) is 1. The zero-order valence-electron chi connectivity index (χ0n) is 23.3. The number of fused-ring (bicyclic) bond motifs is 1. The molecule has 1 aliphatic rings. The number of pyridine rings is 2. The Morgan fingerprint density at radius 2 is 1.88 bits per heavy atom. The topological polar surface area (TPSA) is 127 Å². The number of nitrogens with one attached hydrogen (secondary N) is 1. The quantitative estimate of drug-likeness (QED) is 0.195. The first-order valence-electron chi connectivity index (χ1n) is 13.6. The van der Waals surface area contributed by atoms with Gasteiger partial charge in [0, 0.05) is 28.3 Å². The molecular weight excluding hydrogens is 601 g/mol. The SMILES string of the molecule is CCOc1c(CC(N)=O)cc([C@@](O)(CNC(=O)c2cc(Cl)c3ncc(C)cc3c2)C2CC2)nc1-c1ccc(Cl)c(F)c1F. The summed E-state index contributed by atoms with van der Waals surface area (Å²) in [5.74, 6) is -4.07. The number of primary amides is 1. The fourth-order valence-electron chi connectivity index (χ4n) is 5.09. The summed E-state index contributed by atoms with van der Waals surface area (Å²) in [6.07, 6.45) is 2.60. The lowest BCUT2D eigenvalue weighted by molar-refractivity contribution is -0.117. The van der Waals surface area contributed by atoms with E-state index in [-0.39, 0.29) is 59.3 Å². The van der Waals surface area contributed by atoms with E-state index >= 15 is 4.39 Å². The van der Waals surface area contributed by atoms with Gasteiger partial charge in [-0.25, -0.2) is 13.8 Å². The Morgan fingerprint density at radius 1 is 1.14 bits per heavy atom. The van der Waals surface area contributed by atoms with E-state index in [0.29, 0.717) is 28.8 Å². The van der Waals surface area contributed by atoms with E-state index in [9.17, 15) is 19.1 Å². The minimum absolute atomic E-state index is 0.0163. The maximum atomic E-state index is 15.2. The molecule has 4 aromatic rings. The molecule has 2 aromatic heterocycles. The third-order valence-electron chi connectivity index (χ3n) is 7.34. The van der Waals surface area contributed by atoms with Gasteiger partial charge in [0.2, 0.25) is 5.91 Å². The maximum Gasteiger partial charge on any atom is 0.251 e. The van der Waals surface area contributed by atoms with Gasteiger partial charge in [0.1, 0.15) is 17.0 Å². The standard InChI is InChI=1S/C31H28Cl2F2N4O4/c1-3-43-29-17(12-24(36)40)11-23(39-28(29)20-6-7-21(32)26(35)25(20)34)31(42,19-4-5-19)14-38-30(41)18-9-16-8-15(2)13-37-27(16)22(33)10-18/h6-11,13,19,42H,3-5,12,14H2,1-2H3,(H2,36,40)(H,38,41)/t31-/m1/s1. The minimum atomic E-state index is -1.73. The Labute approximate surface area is 256 Å². The van der Waals surface area contributed by atoms with Crippen LogP contribution in [0.15, 0.2) is 42.6 Å². The Hall–Kier alpha value is -3.86. The number of aliphatic hydroxyl groups is 1. The highest BCUT2D eigenvalue weighted by Crippen LogP contribution is 2.47. The van der Waals surface area contributed by atoms with Crippen LogP contribution in [0, 0.1) is 24.5 Å². The van der Waals surface area contributed by atoms with Gasteiger partial charge in [0.05, 0.1) is 40.8 Å². The van der Waals surface area contributed by atoms with Crippen LogP contribution in [-0.4, -0.2) is 40.0 Å². The molecule has 0 radical (unpaired) electrons. The van der Waals surface area contributed by atoms with Crippen LogP contribution < -0.4 is 15.8 Å². The molecule has 0 saturated heterocycles. The number of aromatic nitrogens is 2. The number of amides is 2. The Morgan fingerprint density at radius 3 is 2.56 bits per heavy atom. The number of halogens is 4. The predicted molar refractivity (Wildman–Crippen MR) is 159 cm³/mol. The third kappa shape index (κ3) is 6.13. The van der Waals surface area contributed by atoms with Gasteiger partial charge in [-0.05, 0) is 74.6 Å². The second-order valence-corrected chi connectivity index (χ2v) is 11.4. The van der Waals surface area contributed by atoms with Crippen LogP contribution in [0.25, 0.3) is 22.2 Å². The molecule has 1 aliphatic carbocycles. The van der Waals surface area contributed by atoms with Crippen molar-refractivity contribution in [2.24, 2.45) is 11.7 Å². The molecule has 0 spiro atoms. The summed E-state index contributed by atoms with van der Waals surface area (Å²) >= 11 is 12.2. The van der Waals surface area contributed by atoms with Crippen LogP contribution in [0.4, 0.5) is 8.78 Å². The highest BCUT2D eigenvalue weighted by molar-refractivity contribution is 6.35. The second-order valence-electron chi connectivity index (χ2n) is 10.6. The first kappa shape index (κ1) is 30.6. The highest BCUT2D eigenvalue weighted by Gasteiger charge is 2.47. The maximum absolute atomic E-state index is 15.2. The summed E-state index contributed by atoms with van der Waals surface area (Å²) in [5.41, 5.74) is 5.32. The summed E-state index contributed by atoms with van der Waals surface area (Å²) in [4.78, 5) is 34.2. The molecule has 1 saturated carbocycles. The summed E-state index contributed by atoms with van der Waals surface area (Å²) in [5, 5.41) is 15.4. The smallest absolute Gasteiger partial charge is 0.251 e. The van der Waals surface area contributed by atoms with E-state index in [0.717, 1.165) is 5.56 Å². The van der Waals surface area contributed by atoms with Crippen LogP contribution in [0.2, 0.25) is 10.0 Å². The Bertz CT molecular complexity index is 1770. The number of hydrogen-bond acceptors (Lipinski definition) is 6. The molecule has 5 rings (SSSR count). The molecule has 43 heavy (non-hydrogen) atoms. The van der Waals surface area contributed by atoms with Crippen molar-refractivity contribution in [3.8, 4) is 17.0 Å². The number of carbonyl (C=O) groups is 2. The van der Waals surface area contributed by atoms with Gasteiger partial charge in [-0.2, -0.15) is 0 Å². The normalized spacial score (nSPS) is 14.4. The molecule has 2 aromatic carbocycles. The van der Waals surface area contributed by atoms with Crippen molar-refractivity contribution < 1.29 is 28.2 Å². The van der Waals surface area contributed by atoms with E-state index in [4.69, 9.17) is 33.7 Å². The van der Waals surface area contributed by atoms with Crippen molar-refractivity contribution in [2.75, 3.05) is 13.2 Å². The molecule has 1 fully saturated rings. The summed E-state index contributed by atoms with van der Waals surface area (Å²) in [6, 6.07) is 8.87. The first-order chi connectivity index (χ1) is 20.4. The lowest BCUT2D eigenvalue weighted by Gasteiger charge is -2.30. The van der Waals surface area contributed by atoms with Crippen LogP contribution in [-0.2, 0) is 16.8 Å². The number of benzene rings is 2. The third-order valence-corrected chi connectivity index (χ3v) is 7.92.